The fourth-order valence-corrected chi connectivity index (χ4v) is 11.5. The van der Waals surface area contributed by atoms with E-state index in [0.717, 1.165) is 64.0 Å². The van der Waals surface area contributed by atoms with Crippen molar-refractivity contribution in [3.8, 4) is 33.8 Å². The lowest BCUT2D eigenvalue weighted by Crippen LogP contribution is -2.65. The van der Waals surface area contributed by atoms with E-state index in [9.17, 15) is 69.6 Å². The zero-order valence-electron chi connectivity index (χ0n) is 50.7. The summed E-state index contributed by atoms with van der Waals surface area (Å²) in [4.78, 5) is 89.9. The van der Waals surface area contributed by atoms with Crippen molar-refractivity contribution in [3.05, 3.63) is 108 Å². The summed E-state index contributed by atoms with van der Waals surface area (Å²) in [6.07, 6.45) is -7.22. The lowest BCUT2D eigenvalue weighted by atomic mass is 9.94. The monoisotopic (exact) mass is 1210 g/mol. The van der Waals surface area contributed by atoms with Gasteiger partial charge in [0.15, 0.2) is 0 Å². The Kier molecular flexibility index (Phi) is 23.1. The number of aliphatic hydroxyl groups excluding tert-OH is 6. The molecule has 3 heterocycles. The second-order valence-electron chi connectivity index (χ2n) is 24.8. The number of fused-ring (bicyclic) bond motifs is 2. The predicted molar refractivity (Wildman–Crippen MR) is 323 cm³/mol. The third-order valence-electron chi connectivity index (χ3n) is 16.5. The first-order chi connectivity index (χ1) is 41.2. The Bertz CT molecular complexity index is 2960. The Morgan fingerprint density at radius 3 is 1.85 bits per heavy atom. The molecule has 0 saturated carbocycles. The summed E-state index contributed by atoms with van der Waals surface area (Å²) in [5.74, 6) is -6.26. The molecule has 0 spiro atoms. The van der Waals surface area contributed by atoms with E-state index >= 15 is 0 Å². The molecule has 14 atom stereocenters. The maximum Gasteiger partial charge on any atom is 0.251 e. The van der Waals surface area contributed by atoms with E-state index in [1.54, 1.807) is 31.2 Å². The summed E-state index contributed by atoms with van der Waals surface area (Å²) in [7, 11) is 5.96. The van der Waals surface area contributed by atoms with Crippen molar-refractivity contribution in [1.82, 2.24) is 36.4 Å². The number of phenols is 1. The summed E-state index contributed by atoms with van der Waals surface area (Å²) >= 11 is 0. The smallest absolute Gasteiger partial charge is 0.251 e. The van der Waals surface area contributed by atoms with Crippen molar-refractivity contribution in [3.63, 3.8) is 0 Å². The van der Waals surface area contributed by atoms with E-state index in [1.807, 2.05) is 69.7 Å². The average Bonchev–Trinajstić information content (AvgIpc) is 2.39. The highest BCUT2D eigenvalue weighted by atomic mass is 16.5. The number of phenolic OH excluding ortho intramolecular Hbond substituents is 1. The van der Waals surface area contributed by atoms with Gasteiger partial charge in [-0.3, -0.25) is 28.8 Å². The van der Waals surface area contributed by atoms with Gasteiger partial charge in [0.05, 0.1) is 58.7 Å². The molecule has 0 aliphatic carbocycles. The number of nitrogens with one attached hydrogen (secondary N) is 5. The van der Waals surface area contributed by atoms with Crippen LogP contribution in [0.1, 0.15) is 101 Å². The molecule has 7 rings (SSSR count). The Hall–Kier alpha value is -7.06. The molecule has 87 heavy (non-hydrogen) atoms. The van der Waals surface area contributed by atoms with Crippen LogP contribution in [-0.4, -0.2) is 217 Å². The van der Waals surface area contributed by atoms with E-state index < -0.39 is 139 Å². The van der Waals surface area contributed by atoms with Crippen LogP contribution in [0, 0.1) is 5.92 Å². The minimum absolute atomic E-state index is 0.0232. The number of amides is 6. The molecule has 6 amide bonds. The lowest BCUT2D eigenvalue weighted by Gasteiger charge is -2.38. The minimum Gasteiger partial charge on any atom is -0.508 e. The van der Waals surface area contributed by atoms with Gasteiger partial charge in [-0.1, -0.05) is 87.4 Å². The highest BCUT2D eigenvalue weighted by Gasteiger charge is 2.51. The molecular formula is C64H89N8O15+. The third kappa shape index (κ3) is 17.6. The predicted octanol–water partition coefficient (Wildman–Crippen LogP) is 1.43. The molecule has 3 aliphatic rings. The molecule has 3 saturated heterocycles. The fourth-order valence-electron chi connectivity index (χ4n) is 11.5. The van der Waals surface area contributed by atoms with Crippen LogP contribution < -0.4 is 31.3 Å². The first-order valence-electron chi connectivity index (χ1n) is 30.1. The van der Waals surface area contributed by atoms with Gasteiger partial charge in [-0.15, -0.1) is 0 Å². The van der Waals surface area contributed by atoms with E-state index in [0.29, 0.717) is 30.5 Å². The Morgan fingerprint density at radius 1 is 0.713 bits per heavy atom. The molecule has 4 aromatic rings. The van der Waals surface area contributed by atoms with Crippen molar-refractivity contribution in [2.24, 2.45) is 5.92 Å². The van der Waals surface area contributed by atoms with Crippen LogP contribution in [0.5, 0.6) is 11.5 Å². The van der Waals surface area contributed by atoms with E-state index in [2.05, 4.69) is 33.5 Å². The maximum absolute atomic E-state index is 14.9. The van der Waals surface area contributed by atoms with Gasteiger partial charge in [-0.05, 0) is 104 Å². The van der Waals surface area contributed by atoms with Gasteiger partial charge >= 0.3 is 0 Å². The van der Waals surface area contributed by atoms with Crippen molar-refractivity contribution < 1.29 is 78.8 Å². The summed E-state index contributed by atoms with van der Waals surface area (Å²) in [6, 6.07) is 17.4. The first kappa shape index (κ1) is 67.4. The zero-order chi connectivity index (χ0) is 63.5. The fraction of sp³-hybridized carbons (Fsp3) is 0.531. The Balaban J connectivity index is 1.23. The number of rotatable bonds is 19. The van der Waals surface area contributed by atoms with Gasteiger partial charge < -0.3 is 86.5 Å². The molecule has 0 bridgehead atoms. The molecule has 23 heteroatoms. The SMILES string of the molecule is CCCCCOc1ccc(-c2ccc(-c3ccc(C(=O)N[C@@H]4CN[C@@H]([C@@H](C)O)C(=O)N5C[C@H](O)CC5C(=O)N[C@@H]([C@H](O)[C@@H](O)c5ccc(O)cc5)C(=O)N[C@@H]([C@@H](C)O)C(=O)N5C[C@H](C)[C@H](O)[C@H]5C(=O)N[C@](O)(CCCC[N+](C)(C)C)C4)cc3)cc2)cc1. The van der Waals surface area contributed by atoms with Crippen LogP contribution in [0.15, 0.2) is 97.1 Å². The van der Waals surface area contributed by atoms with Crippen LogP contribution in [0.25, 0.3) is 22.3 Å². The molecule has 4 aromatic carbocycles. The third-order valence-corrected chi connectivity index (χ3v) is 16.5. The van der Waals surface area contributed by atoms with Crippen molar-refractivity contribution in [2.45, 2.75) is 158 Å². The number of ether oxygens (including phenoxy) is 1. The molecular weight excluding hydrogens is 1120 g/mol. The standard InChI is InChI=1S/C64H88N8O15/c1-8-9-12-31-87-49-27-23-43(24-28-49)41-15-13-40(14-16-41)42-17-19-45(20-18-42)58(80)66-46-33-64(86,29-10-11-30-72(5,6)7)69-61(83)54-55(77)37(2)35-71(54)63(85)52(39(4)74)67-60(82)53(57(79)56(78)44-21-25-47(75)26-22-44)68-59(81)50-32-48(76)36-70(50)62(84)51(38(3)73)65-34-46/h13-28,37-39,46,48,50-57,65,73-74,76-79,86H,8-12,29-36H2,1-7H3,(H4-,66,67,68,69,75,80,81,82,83)/p+1/t37-,38+,39+,46-,48+,50?,51-,52-,53-,54-,55-,56-,57-,64-/m0/s1. The highest BCUT2D eigenvalue weighted by molar-refractivity contribution is 5.98. The van der Waals surface area contributed by atoms with Crippen LogP contribution >= 0.6 is 0 Å². The molecule has 0 aromatic heterocycles. The van der Waals surface area contributed by atoms with Gasteiger partial charge in [0.25, 0.3) is 5.91 Å². The van der Waals surface area contributed by atoms with Gasteiger partial charge in [-0.25, -0.2) is 0 Å². The number of hydrogen-bond acceptors (Lipinski definition) is 16. The first-order valence-corrected chi connectivity index (χ1v) is 30.1. The van der Waals surface area contributed by atoms with E-state index in [1.165, 1.54) is 31.2 Å². The number of unbranched alkanes of at least 4 members (excludes halogenated alkanes) is 3. The molecule has 13 N–H and O–H groups in total. The van der Waals surface area contributed by atoms with Crippen molar-refractivity contribution in [2.75, 3.05) is 53.9 Å². The molecule has 1 unspecified atom stereocenters. The number of carbonyl (C=O) groups is 6. The van der Waals surface area contributed by atoms with Crippen LogP contribution in [0.3, 0.4) is 0 Å². The van der Waals surface area contributed by atoms with Gasteiger partial charge in [-0.2, -0.15) is 0 Å². The van der Waals surface area contributed by atoms with Crippen LogP contribution in [0.4, 0.5) is 0 Å². The summed E-state index contributed by atoms with van der Waals surface area (Å²) in [5.41, 5.74) is 1.64. The Morgan fingerprint density at radius 2 is 1.28 bits per heavy atom. The quantitative estimate of drug-likeness (QED) is 0.0467. The summed E-state index contributed by atoms with van der Waals surface area (Å²) in [5, 5.41) is 105. The topological polar surface area (TPSA) is 340 Å². The number of nitrogens with zero attached hydrogens (tertiary/aromatic N) is 3. The van der Waals surface area contributed by atoms with Crippen LogP contribution in [-0.2, 0) is 24.0 Å². The highest BCUT2D eigenvalue weighted by Crippen LogP contribution is 2.31. The summed E-state index contributed by atoms with van der Waals surface area (Å²) in [6.45, 7) is 6.37. The normalized spacial score (nSPS) is 26.8. The van der Waals surface area contributed by atoms with Gasteiger partial charge in [0.1, 0.15) is 59.6 Å². The Labute approximate surface area is 508 Å². The number of quaternary nitrogens is 1. The maximum atomic E-state index is 14.9. The number of benzene rings is 4. The second-order valence-corrected chi connectivity index (χ2v) is 24.8. The second kappa shape index (κ2) is 29.8. The zero-order valence-corrected chi connectivity index (χ0v) is 50.7. The molecule has 0 radical (unpaired) electrons. The van der Waals surface area contributed by atoms with Gasteiger partial charge in [0.2, 0.25) is 29.5 Å². The lowest BCUT2D eigenvalue weighted by molar-refractivity contribution is -0.870. The average molecular weight is 1210 g/mol. The summed E-state index contributed by atoms with van der Waals surface area (Å²) < 4.78 is 6.45. The van der Waals surface area contributed by atoms with Gasteiger partial charge in [0, 0.05) is 50.0 Å². The molecule has 23 nitrogen and oxygen atoms in total. The number of aromatic hydroxyl groups is 1. The number of hydrogen-bond donors (Lipinski definition) is 13. The van der Waals surface area contributed by atoms with E-state index in [-0.39, 0.29) is 36.4 Å². The number of carbonyl (C=O) groups excluding carboxylic acids is 6. The molecule has 3 fully saturated rings. The molecule has 474 valence electrons. The number of aliphatic hydroxyl groups is 7. The van der Waals surface area contributed by atoms with Crippen molar-refractivity contribution in [1.29, 1.82) is 0 Å². The minimum atomic E-state index is -2.23. The van der Waals surface area contributed by atoms with Crippen molar-refractivity contribution >= 4 is 35.4 Å². The molecule has 3 aliphatic heterocycles. The van der Waals surface area contributed by atoms with E-state index in [4.69, 9.17) is 4.74 Å². The van der Waals surface area contributed by atoms with Crippen LogP contribution in [0.2, 0.25) is 0 Å². The largest absolute Gasteiger partial charge is 0.508 e.